The molecule has 0 aromatic heterocycles. The van der Waals surface area contributed by atoms with Crippen molar-refractivity contribution in [3.8, 4) is 16.9 Å². The van der Waals surface area contributed by atoms with Crippen LogP contribution in [-0.4, -0.2) is 56.3 Å². The first-order chi connectivity index (χ1) is 13.6. The predicted molar refractivity (Wildman–Crippen MR) is 107 cm³/mol. The summed E-state index contributed by atoms with van der Waals surface area (Å²) in [6, 6.07) is 14.9. The molecule has 1 saturated heterocycles. The summed E-state index contributed by atoms with van der Waals surface area (Å²) in [5, 5.41) is 5.72. The number of carbonyl (C=O) groups is 2. The summed E-state index contributed by atoms with van der Waals surface area (Å²) in [5.41, 5.74) is 2.60. The number of morpholine rings is 1. The SMILES string of the molecule is COc1ccc(-c2ccccc2NC(=O)NCC2CN(C(C)=O)CCO2)cc1. The number of anilines is 1. The molecule has 1 heterocycles. The van der Waals surface area contributed by atoms with E-state index in [0.717, 1.165) is 16.9 Å². The van der Waals surface area contributed by atoms with Crippen molar-refractivity contribution in [2.45, 2.75) is 13.0 Å². The lowest BCUT2D eigenvalue weighted by molar-refractivity contribution is -0.136. The van der Waals surface area contributed by atoms with Gasteiger partial charge < -0.3 is 25.0 Å². The van der Waals surface area contributed by atoms with Crippen LogP contribution in [0.5, 0.6) is 5.75 Å². The summed E-state index contributed by atoms with van der Waals surface area (Å²) in [6.07, 6.45) is -0.208. The number of nitrogens with zero attached hydrogens (tertiary/aromatic N) is 1. The zero-order valence-corrected chi connectivity index (χ0v) is 16.1. The Morgan fingerprint density at radius 2 is 1.93 bits per heavy atom. The molecule has 0 aliphatic carbocycles. The van der Waals surface area contributed by atoms with Gasteiger partial charge in [-0.05, 0) is 23.8 Å². The molecule has 1 unspecified atom stereocenters. The zero-order valence-electron chi connectivity index (χ0n) is 16.1. The highest BCUT2D eigenvalue weighted by Gasteiger charge is 2.22. The number of nitrogens with one attached hydrogen (secondary N) is 2. The van der Waals surface area contributed by atoms with Gasteiger partial charge in [0.15, 0.2) is 0 Å². The van der Waals surface area contributed by atoms with Crippen molar-refractivity contribution >= 4 is 17.6 Å². The lowest BCUT2D eigenvalue weighted by Crippen LogP contribution is -2.49. The van der Waals surface area contributed by atoms with Gasteiger partial charge in [0.25, 0.3) is 0 Å². The molecule has 1 fully saturated rings. The van der Waals surface area contributed by atoms with Crippen LogP contribution in [0.15, 0.2) is 48.5 Å². The van der Waals surface area contributed by atoms with Crippen molar-refractivity contribution in [1.29, 1.82) is 0 Å². The Morgan fingerprint density at radius 1 is 1.18 bits per heavy atom. The molecular weight excluding hydrogens is 358 g/mol. The summed E-state index contributed by atoms with van der Waals surface area (Å²) < 4.78 is 10.8. The van der Waals surface area contributed by atoms with E-state index in [-0.39, 0.29) is 18.0 Å². The van der Waals surface area contributed by atoms with Crippen LogP contribution < -0.4 is 15.4 Å². The molecule has 1 aliphatic heterocycles. The van der Waals surface area contributed by atoms with Crippen molar-refractivity contribution in [3.05, 3.63) is 48.5 Å². The number of ether oxygens (including phenoxy) is 2. The summed E-state index contributed by atoms with van der Waals surface area (Å²) in [4.78, 5) is 25.6. The standard InChI is InChI=1S/C21H25N3O4/c1-15(25)24-11-12-28-18(14-24)13-22-21(26)23-20-6-4-3-5-19(20)16-7-9-17(27-2)10-8-16/h3-10,18H,11-14H2,1-2H3,(H2,22,23,26). The summed E-state index contributed by atoms with van der Waals surface area (Å²) in [5.74, 6) is 0.796. The third kappa shape index (κ3) is 5.01. The average Bonchev–Trinajstić information content (AvgIpc) is 2.73. The lowest BCUT2D eigenvalue weighted by Gasteiger charge is -2.32. The van der Waals surface area contributed by atoms with Gasteiger partial charge in [0.1, 0.15) is 5.75 Å². The topological polar surface area (TPSA) is 79.9 Å². The van der Waals surface area contributed by atoms with Crippen LogP contribution in [-0.2, 0) is 9.53 Å². The number of para-hydroxylation sites is 1. The molecule has 28 heavy (non-hydrogen) atoms. The second-order valence-electron chi connectivity index (χ2n) is 6.57. The van der Waals surface area contributed by atoms with Crippen LogP contribution in [0.2, 0.25) is 0 Å². The fourth-order valence-electron chi connectivity index (χ4n) is 3.12. The zero-order chi connectivity index (χ0) is 19.9. The molecule has 0 spiro atoms. The third-order valence-corrected chi connectivity index (χ3v) is 4.65. The monoisotopic (exact) mass is 383 g/mol. The van der Waals surface area contributed by atoms with E-state index in [0.29, 0.717) is 31.9 Å². The minimum absolute atomic E-state index is 0.0196. The molecule has 7 heteroatoms. The third-order valence-electron chi connectivity index (χ3n) is 4.65. The molecule has 3 amide bonds. The summed E-state index contributed by atoms with van der Waals surface area (Å²) in [6.45, 7) is 3.43. The first kappa shape index (κ1) is 19.7. The number of hydrogen-bond donors (Lipinski definition) is 2. The van der Waals surface area contributed by atoms with E-state index in [2.05, 4.69) is 10.6 Å². The number of amides is 3. The number of rotatable bonds is 5. The van der Waals surface area contributed by atoms with Crippen LogP contribution in [0.4, 0.5) is 10.5 Å². The van der Waals surface area contributed by atoms with Gasteiger partial charge in [-0.2, -0.15) is 0 Å². The van der Waals surface area contributed by atoms with E-state index >= 15 is 0 Å². The van der Waals surface area contributed by atoms with E-state index in [1.165, 1.54) is 0 Å². The maximum atomic E-state index is 12.4. The average molecular weight is 383 g/mol. The molecule has 7 nitrogen and oxygen atoms in total. The Bertz CT molecular complexity index is 823. The van der Waals surface area contributed by atoms with Crippen LogP contribution in [0.1, 0.15) is 6.92 Å². The van der Waals surface area contributed by atoms with E-state index in [9.17, 15) is 9.59 Å². The van der Waals surface area contributed by atoms with Crippen LogP contribution in [0.3, 0.4) is 0 Å². The van der Waals surface area contributed by atoms with Gasteiger partial charge in [0.05, 0.1) is 25.5 Å². The minimum Gasteiger partial charge on any atom is -0.497 e. The maximum absolute atomic E-state index is 12.4. The normalized spacial score (nSPS) is 16.4. The fraction of sp³-hybridized carbons (Fsp3) is 0.333. The molecule has 0 bridgehead atoms. The molecule has 2 N–H and O–H groups in total. The molecule has 2 aromatic carbocycles. The molecule has 148 valence electrons. The molecule has 1 aliphatic rings. The highest BCUT2D eigenvalue weighted by molar-refractivity contribution is 5.94. The van der Waals surface area contributed by atoms with Gasteiger partial charge in [-0.1, -0.05) is 30.3 Å². The van der Waals surface area contributed by atoms with Crippen molar-refractivity contribution in [2.24, 2.45) is 0 Å². The first-order valence-electron chi connectivity index (χ1n) is 9.22. The number of carbonyl (C=O) groups excluding carboxylic acids is 2. The number of methoxy groups -OCH3 is 1. The molecule has 1 atom stereocenters. The molecular formula is C21H25N3O4. The molecule has 0 saturated carbocycles. The van der Waals surface area contributed by atoms with Crippen molar-refractivity contribution < 1.29 is 19.1 Å². The first-order valence-corrected chi connectivity index (χ1v) is 9.22. The highest BCUT2D eigenvalue weighted by Crippen LogP contribution is 2.29. The van der Waals surface area contributed by atoms with Gasteiger partial charge in [-0.3, -0.25) is 4.79 Å². The number of urea groups is 1. The quantitative estimate of drug-likeness (QED) is 0.832. The van der Waals surface area contributed by atoms with E-state index in [4.69, 9.17) is 9.47 Å². The van der Waals surface area contributed by atoms with Crippen molar-refractivity contribution in [1.82, 2.24) is 10.2 Å². The van der Waals surface area contributed by atoms with Gasteiger partial charge in [-0.25, -0.2) is 4.79 Å². The lowest BCUT2D eigenvalue weighted by atomic mass is 10.0. The van der Waals surface area contributed by atoms with Gasteiger partial charge >= 0.3 is 6.03 Å². The molecule has 0 radical (unpaired) electrons. The largest absolute Gasteiger partial charge is 0.497 e. The van der Waals surface area contributed by atoms with E-state index in [1.807, 2.05) is 48.5 Å². The van der Waals surface area contributed by atoms with Gasteiger partial charge in [0.2, 0.25) is 5.91 Å². The van der Waals surface area contributed by atoms with Gasteiger partial charge in [-0.15, -0.1) is 0 Å². The summed E-state index contributed by atoms with van der Waals surface area (Å²) in [7, 11) is 1.63. The number of hydrogen-bond acceptors (Lipinski definition) is 4. The predicted octanol–water partition coefficient (Wildman–Crippen LogP) is 2.73. The molecule has 2 aromatic rings. The van der Waals surface area contributed by atoms with Crippen LogP contribution in [0, 0.1) is 0 Å². The van der Waals surface area contributed by atoms with Crippen molar-refractivity contribution in [3.63, 3.8) is 0 Å². The summed E-state index contributed by atoms with van der Waals surface area (Å²) >= 11 is 0. The van der Waals surface area contributed by atoms with Crippen LogP contribution in [0.25, 0.3) is 11.1 Å². The number of benzene rings is 2. The Kier molecular flexibility index (Phi) is 6.49. The second-order valence-corrected chi connectivity index (χ2v) is 6.57. The Balaban J connectivity index is 1.60. The van der Waals surface area contributed by atoms with Crippen LogP contribution >= 0.6 is 0 Å². The Labute approximate surface area is 164 Å². The van der Waals surface area contributed by atoms with E-state index in [1.54, 1.807) is 18.9 Å². The van der Waals surface area contributed by atoms with Gasteiger partial charge in [0, 0.05) is 32.1 Å². The highest BCUT2D eigenvalue weighted by atomic mass is 16.5. The Morgan fingerprint density at radius 3 is 2.64 bits per heavy atom. The fourth-order valence-corrected chi connectivity index (χ4v) is 3.12. The van der Waals surface area contributed by atoms with E-state index < -0.39 is 0 Å². The smallest absolute Gasteiger partial charge is 0.319 e. The maximum Gasteiger partial charge on any atom is 0.319 e. The molecule has 3 rings (SSSR count). The van der Waals surface area contributed by atoms with Crippen molar-refractivity contribution in [2.75, 3.05) is 38.7 Å². The second kappa shape index (κ2) is 9.23. The minimum atomic E-state index is -0.315. The Hall–Kier alpha value is -3.06.